The smallest absolute Gasteiger partial charge is 0.313 e. The van der Waals surface area contributed by atoms with Crippen molar-refractivity contribution in [1.82, 2.24) is 20.6 Å². The molecule has 0 radical (unpaired) electrons. The van der Waals surface area contributed by atoms with Crippen LogP contribution in [0.4, 0.5) is 6.01 Å². The first-order chi connectivity index (χ1) is 13.4. The van der Waals surface area contributed by atoms with Gasteiger partial charge in [-0.05, 0) is 54.4 Å². The van der Waals surface area contributed by atoms with Crippen LogP contribution in [0, 0.1) is 11.3 Å². The van der Waals surface area contributed by atoms with Gasteiger partial charge in [0.15, 0.2) is 0 Å². The van der Waals surface area contributed by atoms with Crippen molar-refractivity contribution in [1.29, 1.82) is 0 Å². The number of anilines is 1. The van der Waals surface area contributed by atoms with Gasteiger partial charge in [-0.2, -0.15) is 4.98 Å². The molecule has 0 saturated heterocycles. The second-order valence-corrected chi connectivity index (χ2v) is 9.24. The Morgan fingerprint density at radius 1 is 1.29 bits per heavy atom. The zero-order valence-electron chi connectivity index (χ0n) is 16.2. The van der Waals surface area contributed by atoms with Crippen molar-refractivity contribution in [2.45, 2.75) is 40.0 Å². The van der Waals surface area contributed by atoms with E-state index in [0.717, 1.165) is 18.4 Å². The fourth-order valence-corrected chi connectivity index (χ4v) is 4.54. The van der Waals surface area contributed by atoms with Gasteiger partial charge in [0.25, 0.3) is 5.91 Å². The summed E-state index contributed by atoms with van der Waals surface area (Å²) in [6.07, 6.45) is 6.57. The van der Waals surface area contributed by atoms with Crippen LogP contribution >= 0.6 is 11.3 Å². The van der Waals surface area contributed by atoms with E-state index in [-0.39, 0.29) is 17.3 Å². The average molecular weight is 398 g/mol. The van der Waals surface area contributed by atoms with Crippen LogP contribution in [0.2, 0.25) is 0 Å². The number of nitrogens with zero attached hydrogens (tertiary/aromatic N) is 3. The van der Waals surface area contributed by atoms with E-state index in [0.29, 0.717) is 16.6 Å². The Morgan fingerprint density at radius 2 is 2.07 bits per heavy atom. The van der Waals surface area contributed by atoms with Crippen LogP contribution in [-0.2, 0) is 12.8 Å². The number of carbonyl (C=O) groups is 1. The standard InChI is InChI=1S/C20H23N5O2S/c1-20(2,3)14-4-5-15-13(10-14)11-16(28-15)18(26)23-24-19-22-17(25-27-19)12-6-8-21-9-7-12/h6-9,11,14H,4-5,10H2,1-3H3,(H,23,26)(H,22,24,25)/t14-/m0/s1. The van der Waals surface area contributed by atoms with E-state index >= 15 is 0 Å². The third-order valence-electron chi connectivity index (χ3n) is 5.18. The average Bonchev–Trinajstić information content (AvgIpc) is 3.32. The zero-order chi connectivity index (χ0) is 19.7. The minimum atomic E-state index is -0.199. The number of amides is 1. The summed E-state index contributed by atoms with van der Waals surface area (Å²) in [5.74, 6) is 0.878. The highest BCUT2D eigenvalue weighted by Crippen LogP contribution is 2.40. The van der Waals surface area contributed by atoms with Crippen LogP contribution < -0.4 is 10.9 Å². The summed E-state index contributed by atoms with van der Waals surface area (Å²) in [7, 11) is 0. The van der Waals surface area contributed by atoms with E-state index in [1.165, 1.54) is 16.9 Å². The number of pyridine rings is 1. The first-order valence-corrected chi connectivity index (χ1v) is 10.1. The maximum Gasteiger partial charge on any atom is 0.340 e. The lowest BCUT2D eigenvalue weighted by Crippen LogP contribution is -2.28. The molecule has 0 bridgehead atoms. The van der Waals surface area contributed by atoms with Gasteiger partial charge in [-0.1, -0.05) is 25.9 Å². The number of fused-ring (bicyclic) bond motifs is 1. The number of hydrogen-bond acceptors (Lipinski definition) is 7. The fraction of sp³-hybridized carbons (Fsp3) is 0.400. The predicted molar refractivity (Wildman–Crippen MR) is 108 cm³/mol. The molecule has 2 N–H and O–H groups in total. The third-order valence-corrected chi connectivity index (χ3v) is 6.41. The van der Waals surface area contributed by atoms with Crippen LogP contribution in [0.3, 0.4) is 0 Å². The number of thiophene rings is 1. The number of rotatable bonds is 4. The number of aryl methyl sites for hydroxylation is 1. The molecule has 0 unspecified atom stereocenters. The third kappa shape index (κ3) is 3.91. The summed E-state index contributed by atoms with van der Waals surface area (Å²) in [5, 5.41) is 3.90. The Hall–Kier alpha value is -2.74. The maximum atomic E-state index is 12.5. The Balaban J connectivity index is 1.39. The van der Waals surface area contributed by atoms with Crippen LogP contribution in [0.5, 0.6) is 0 Å². The van der Waals surface area contributed by atoms with Crippen LogP contribution in [-0.4, -0.2) is 21.0 Å². The molecule has 0 aliphatic heterocycles. The lowest BCUT2D eigenvalue weighted by Gasteiger charge is -2.33. The van der Waals surface area contributed by atoms with E-state index in [2.05, 4.69) is 46.7 Å². The summed E-state index contributed by atoms with van der Waals surface area (Å²) in [6.45, 7) is 6.87. The van der Waals surface area contributed by atoms with E-state index in [9.17, 15) is 4.79 Å². The fourth-order valence-electron chi connectivity index (χ4n) is 3.44. The minimum Gasteiger partial charge on any atom is -0.313 e. The molecule has 3 heterocycles. The molecule has 8 heteroatoms. The molecule has 0 spiro atoms. The van der Waals surface area contributed by atoms with Gasteiger partial charge in [-0.3, -0.25) is 15.2 Å². The molecule has 28 heavy (non-hydrogen) atoms. The van der Waals surface area contributed by atoms with Crippen molar-refractivity contribution in [3.8, 4) is 11.4 Å². The maximum absolute atomic E-state index is 12.5. The van der Waals surface area contributed by atoms with Gasteiger partial charge < -0.3 is 4.52 Å². The summed E-state index contributed by atoms with van der Waals surface area (Å²) in [4.78, 5) is 22.7. The van der Waals surface area contributed by atoms with Gasteiger partial charge in [0.1, 0.15) is 0 Å². The van der Waals surface area contributed by atoms with Gasteiger partial charge in [0.05, 0.1) is 4.88 Å². The van der Waals surface area contributed by atoms with Crippen molar-refractivity contribution < 1.29 is 9.32 Å². The van der Waals surface area contributed by atoms with E-state index in [1.54, 1.807) is 35.9 Å². The molecule has 3 aromatic rings. The highest BCUT2D eigenvalue weighted by atomic mass is 32.1. The second kappa shape index (κ2) is 7.35. The largest absolute Gasteiger partial charge is 0.340 e. The van der Waals surface area contributed by atoms with E-state index in [4.69, 9.17) is 4.52 Å². The summed E-state index contributed by atoms with van der Waals surface area (Å²) >= 11 is 1.57. The van der Waals surface area contributed by atoms with Crippen LogP contribution in [0.15, 0.2) is 35.1 Å². The lowest BCUT2D eigenvalue weighted by atomic mass is 9.72. The first-order valence-electron chi connectivity index (χ1n) is 9.32. The normalized spacial score (nSPS) is 16.5. The zero-order valence-corrected chi connectivity index (χ0v) is 17.0. The summed E-state index contributed by atoms with van der Waals surface area (Å²) in [5.41, 5.74) is 7.72. The van der Waals surface area contributed by atoms with Gasteiger partial charge in [0, 0.05) is 22.8 Å². The van der Waals surface area contributed by atoms with Crippen molar-refractivity contribution in [2.75, 3.05) is 5.43 Å². The quantitative estimate of drug-likeness (QED) is 0.644. The molecule has 1 aliphatic rings. The van der Waals surface area contributed by atoms with E-state index < -0.39 is 0 Å². The van der Waals surface area contributed by atoms with Crippen molar-refractivity contribution >= 4 is 23.3 Å². The molecule has 1 amide bonds. The molecule has 0 saturated carbocycles. The Morgan fingerprint density at radius 3 is 2.82 bits per heavy atom. The molecular formula is C20H23N5O2S. The van der Waals surface area contributed by atoms with Crippen LogP contribution in [0.25, 0.3) is 11.4 Å². The molecule has 3 aromatic heterocycles. The Kier molecular flexibility index (Phi) is 4.89. The molecule has 1 aliphatic carbocycles. The van der Waals surface area contributed by atoms with Crippen molar-refractivity contribution in [3.63, 3.8) is 0 Å². The highest BCUT2D eigenvalue weighted by Gasteiger charge is 2.30. The van der Waals surface area contributed by atoms with Crippen molar-refractivity contribution in [3.05, 3.63) is 45.9 Å². The number of carbonyl (C=O) groups excluding carboxylic acids is 1. The molecule has 0 aromatic carbocycles. The van der Waals surface area contributed by atoms with Gasteiger partial charge >= 0.3 is 6.01 Å². The number of hydrazine groups is 1. The number of hydrogen-bond donors (Lipinski definition) is 2. The van der Waals surface area contributed by atoms with Crippen LogP contribution in [0.1, 0.15) is 47.3 Å². The summed E-state index contributed by atoms with van der Waals surface area (Å²) < 4.78 is 5.13. The highest BCUT2D eigenvalue weighted by molar-refractivity contribution is 7.14. The topological polar surface area (TPSA) is 92.9 Å². The molecule has 146 valence electrons. The Bertz CT molecular complexity index is 974. The monoisotopic (exact) mass is 397 g/mol. The van der Waals surface area contributed by atoms with E-state index in [1.807, 2.05) is 6.07 Å². The molecule has 7 nitrogen and oxygen atoms in total. The summed E-state index contributed by atoms with van der Waals surface area (Å²) in [6, 6.07) is 5.72. The first kappa shape index (κ1) is 18.6. The van der Waals surface area contributed by atoms with Gasteiger partial charge in [-0.25, -0.2) is 5.43 Å². The molecular weight excluding hydrogens is 374 g/mol. The molecule has 1 atom stereocenters. The second-order valence-electron chi connectivity index (χ2n) is 8.10. The predicted octanol–water partition coefficient (Wildman–Crippen LogP) is 4.10. The van der Waals surface area contributed by atoms with Crippen molar-refractivity contribution in [2.24, 2.45) is 11.3 Å². The minimum absolute atomic E-state index is 0.134. The SMILES string of the molecule is CC(C)(C)[C@H]1CCc2sc(C(=O)NNc3nc(-c4ccncc4)no3)cc2C1. The lowest BCUT2D eigenvalue weighted by molar-refractivity contribution is 0.0965. The van der Waals surface area contributed by atoms with Gasteiger partial charge in [-0.15, -0.1) is 11.3 Å². The number of nitrogens with one attached hydrogen (secondary N) is 2. The molecule has 0 fully saturated rings. The molecule has 4 rings (SSSR count). The van der Waals surface area contributed by atoms with Gasteiger partial charge in [0.2, 0.25) is 5.82 Å². The Labute approximate surface area is 167 Å². The number of aromatic nitrogens is 3.